The van der Waals surface area contributed by atoms with Gasteiger partial charge in [-0.1, -0.05) is 197 Å². The molecule has 0 bridgehead atoms. The number of esters is 1. The van der Waals surface area contributed by atoms with Crippen molar-refractivity contribution in [3.63, 3.8) is 0 Å². The highest BCUT2D eigenvalue weighted by Gasteiger charge is 2.25. The van der Waals surface area contributed by atoms with Crippen LogP contribution in [0.4, 0.5) is 0 Å². The Bertz CT molecular complexity index is 1640. The largest absolute Gasteiger partial charge is 0.472 e. The number of nitrogens with two attached hydrogens (primary N) is 1. The van der Waals surface area contributed by atoms with E-state index >= 15 is 0 Å². The average Bonchev–Trinajstić information content (AvgIpc) is 3.33. The maximum absolute atomic E-state index is 12.6. The maximum atomic E-state index is 12.6. The first kappa shape index (κ1) is 63.9. The Morgan fingerprint density at radius 1 is 0.441 bits per heavy atom. The molecule has 0 rings (SSSR count). The lowest BCUT2D eigenvalue weighted by Gasteiger charge is -2.20. The number of hydrogen-bond acceptors (Lipinski definition) is 7. The Hall–Kier alpha value is -4.14. The van der Waals surface area contributed by atoms with Crippen LogP contribution < -0.4 is 5.73 Å². The molecule has 3 N–H and O–H groups in total. The summed E-state index contributed by atoms with van der Waals surface area (Å²) in [5.41, 5.74) is 5.38. The molecule has 8 nitrogen and oxygen atoms in total. The van der Waals surface area contributed by atoms with Crippen molar-refractivity contribution in [1.29, 1.82) is 0 Å². The number of hydrogen-bond donors (Lipinski definition) is 2. The zero-order valence-electron chi connectivity index (χ0n) is 42.3. The SMILES string of the molecule is CC/C=C\C/C=C\C/C=C\C/C=C\C/C=C\C/C=C\C/C=C\CCCCCCOCC(COP(=O)(O)OCCN)OC(=O)CCC/C=C\C/C=C\C/C=C\C/C=C\C/C=C\C/C=C\C/C=C\CC. The molecule has 0 aliphatic rings. The van der Waals surface area contributed by atoms with Crippen molar-refractivity contribution in [2.24, 2.45) is 5.73 Å². The molecule has 2 unspecified atom stereocenters. The number of allylic oxidation sites excluding steroid dienone is 28. The third kappa shape index (κ3) is 52.8. The second-order valence-electron chi connectivity index (χ2n) is 15.9. The number of phosphoric ester groups is 1. The standard InChI is InChI=1S/C59H92NO7P/c1-3-5-7-9-11-13-15-17-19-21-23-25-27-28-29-31-33-35-37-39-41-43-45-47-49-51-54-64-56-58(57-66-68(62,63)65-55-53-60)67-59(61)52-50-48-46-44-42-40-38-36-34-32-30-26-24-22-20-18-16-14-12-10-8-6-4-2/h5-8,11-14,17-20,23-26,28-29,32-35,38-41,44,46,58H,3-4,9-10,15-16,21-22,27,30-31,36-37,42-43,45,47-57,60H2,1-2H3,(H,62,63)/b7-5-,8-6-,13-11-,14-12-,19-17-,20-18-,25-23-,26-24-,29-28-,34-32-,35-33-,40-38-,41-39-,46-44-. The normalized spacial score (nSPS) is 14.7. The van der Waals surface area contributed by atoms with Gasteiger partial charge in [-0.25, -0.2) is 4.57 Å². The van der Waals surface area contributed by atoms with Gasteiger partial charge in [0.25, 0.3) is 0 Å². The quantitative estimate of drug-likeness (QED) is 0.0268. The number of phosphoric acid groups is 1. The molecule has 0 aliphatic heterocycles. The van der Waals surface area contributed by atoms with Crippen molar-refractivity contribution in [3.8, 4) is 0 Å². The fourth-order valence-corrected chi connectivity index (χ4v) is 6.73. The highest BCUT2D eigenvalue weighted by molar-refractivity contribution is 7.47. The Morgan fingerprint density at radius 3 is 1.15 bits per heavy atom. The molecular formula is C59H92NO7P. The van der Waals surface area contributed by atoms with Gasteiger partial charge in [-0.3, -0.25) is 13.8 Å². The van der Waals surface area contributed by atoms with Gasteiger partial charge in [-0.05, 0) is 122 Å². The molecular weight excluding hydrogens is 866 g/mol. The first-order chi connectivity index (χ1) is 33.4. The Labute approximate surface area is 415 Å². The Balaban J connectivity index is 4.19. The van der Waals surface area contributed by atoms with Gasteiger partial charge in [0.05, 0.1) is 19.8 Å². The van der Waals surface area contributed by atoms with E-state index < -0.39 is 19.9 Å². The van der Waals surface area contributed by atoms with Crippen molar-refractivity contribution < 1.29 is 32.8 Å². The summed E-state index contributed by atoms with van der Waals surface area (Å²) in [7, 11) is -4.32. The van der Waals surface area contributed by atoms with E-state index in [1.165, 1.54) is 0 Å². The first-order valence-electron chi connectivity index (χ1n) is 25.6. The van der Waals surface area contributed by atoms with E-state index in [1.807, 2.05) is 0 Å². The molecule has 2 atom stereocenters. The lowest BCUT2D eigenvalue weighted by molar-refractivity contribution is -0.154. The molecule has 0 aromatic rings. The second kappa shape index (κ2) is 53.8. The van der Waals surface area contributed by atoms with Gasteiger partial charge in [-0.15, -0.1) is 0 Å². The molecule has 0 spiro atoms. The van der Waals surface area contributed by atoms with Gasteiger partial charge in [0, 0.05) is 19.6 Å². The summed E-state index contributed by atoms with van der Waals surface area (Å²) in [5, 5.41) is 0. The Morgan fingerprint density at radius 2 is 0.779 bits per heavy atom. The van der Waals surface area contributed by atoms with Crippen molar-refractivity contribution in [1.82, 2.24) is 0 Å². The minimum absolute atomic E-state index is 0.0613. The molecule has 0 radical (unpaired) electrons. The fraction of sp³-hybridized carbons (Fsp3) is 0.508. The van der Waals surface area contributed by atoms with Crippen molar-refractivity contribution in [3.05, 3.63) is 170 Å². The van der Waals surface area contributed by atoms with Crippen LogP contribution in [0.1, 0.15) is 155 Å². The molecule has 380 valence electrons. The zero-order valence-corrected chi connectivity index (χ0v) is 43.2. The van der Waals surface area contributed by atoms with E-state index in [0.29, 0.717) is 13.0 Å². The summed E-state index contributed by atoms with van der Waals surface area (Å²) in [6.45, 7) is 4.49. The summed E-state index contributed by atoms with van der Waals surface area (Å²) in [5.74, 6) is -0.405. The summed E-state index contributed by atoms with van der Waals surface area (Å²) in [6, 6.07) is 0. The van der Waals surface area contributed by atoms with Crippen molar-refractivity contribution in [2.75, 3.05) is 33.0 Å². The number of carbonyl (C=O) groups is 1. The van der Waals surface area contributed by atoms with Crippen LogP contribution in [0.2, 0.25) is 0 Å². The molecule has 9 heteroatoms. The topological polar surface area (TPSA) is 117 Å². The fourth-order valence-electron chi connectivity index (χ4n) is 5.96. The molecule has 0 saturated carbocycles. The van der Waals surface area contributed by atoms with Crippen molar-refractivity contribution >= 4 is 13.8 Å². The predicted octanol–water partition coefficient (Wildman–Crippen LogP) is 16.4. The molecule has 68 heavy (non-hydrogen) atoms. The molecule has 0 aromatic heterocycles. The van der Waals surface area contributed by atoms with Gasteiger partial charge < -0.3 is 20.1 Å². The van der Waals surface area contributed by atoms with E-state index in [9.17, 15) is 14.3 Å². The molecule has 0 fully saturated rings. The van der Waals surface area contributed by atoms with Crippen LogP contribution in [0.3, 0.4) is 0 Å². The van der Waals surface area contributed by atoms with Gasteiger partial charge in [0.15, 0.2) is 0 Å². The highest BCUT2D eigenvalue weighted by atomic mass is 31.2. The van der Waals surface area contributed by atoms with Crippen LogP contribution in [-0.2, 0) is 27.9 Å². The first-order valence-corrected chi connectivity index (χ1v) is 27.1. The zero-order chi connectivity index (χ0) is 49.4. The van der Waals surface area contributed by atoms with Crippen molar-refractivity contribution in [2.45, 2.75) is 161 Å². The minimum atomic E-state index is -4.32. The lowest BCUT2D eigenvalue weighted by atomic mass is 10.1. The Kier molecular flexibility index (Phi) is 50.5. The smallest absolute Gasteiger partial charge is 0.457 e. The number of rotatable bonds is 46. The molecule has 0 amide bonds. The van der Waals surface area contributed by atoms with Crippen LogP contribution in [-0.4, -0.2) is 49.9 Å². The molecule has 0 saturated heterocycles. The van der Waals surface area contributed by atoms with Crippen LogP contribution >= 0.6 is 7.82 Å². The van der Waals surface area contributed by atoms with Gasteiger partial charge in [-0.2, -0.15) is 0 Å². The molecule has 0 aromatic carbocycles. The molecule has 0 heterocycles. The number of carbonyl (C=O) groups excluding carboxylic acids is 1. The van der Waals surface area contributed by atoms with E-state index in [1.54, 1.807) is 0 Å². The number of unbranched alkanes of at least 4 members (excludes halogenated alkanes) is 5. The van der Waals surface area contributed by atoms with Crippen LogP contribution in [0.5, 0.6) is 0 Å². The molecule has 0 aliphatic carbocycles. The summed E-state index contributed by atoms with van der Waals surface area (Å²) in [6.07, 6.45) is 81.1. The minimum Gasteiger partial charge on any atom is -0.457 e. The monoisotopic (exact) mass is 958 g/mol. The average molecular weight is 958 g/mol. The predicted molar refractivity (Wildman–Crippen MR) is 292 cm³/mol. The van der Waals surface area contributed by atoms with Gasteiger partial charge >= 0.3 is 13.8 Å². The van der Waals surface area contributed by atoms with E-state index in [4.69, 9.17) is 24.3 Å². The third-order valence-corrected chi connectivity index (χ3v) is 10.6. The van der Waals surface area contributed by atoms with Crippen LogP contribution in [0.15, 0.2) is 170 Å². The highest BCUT2D eigenvalue weighted by Crippen LogP contribution is 2.43. The summed E-state index contributed by atoms with van der Waals surface area (Å²) in [4.78, 5) is 22.6. The number of ether oxygens (including phenoxy) is 2. The lowest BCUT2D eigenvalue weighted by Crippen LogP contribution is -2.28. The third-order valence-electron chi connectivity index (χ3n) is 9.63. The second-order valence-corrected chi connectivity index (χ2v) is 17.4. The van der Waals surface area contributed by atoms with Crippen LogP contribution in [0, 0.1) is 0 Å². The maximum Gasteiger partial charge on any atom is 0.472 e. The van der Waals surface area contributed by atoms with Gasteiger partial charge in [0.2, 0.25) is 0 Å². The van der Waals surface area contributed by atoms with E-state index in [0.717, 1.165) is 128 Å². The van der Waals surface area contributed by atoms with Gasteiger partial charge in [0.1, 0.15) is 6.10 Å². The summed E-state index contributed by atoms with van der Waals surface area (Å²) >= 11 is 0. The van der Waals surface area contributed by atoms with E-state index in [-0.39, 0.29) is 32.8 Å². The van der Waals surface area contributed by atoms with E-state index in [2.05, 4.69) is 184 Å². The summed E-state index contributed by atoms with van der Waals surface area (Å²) < 4.78 is 33.5. The van der Waals surface area contributed by atoms with Crippen LogP contribution in [0.25, 0.3) is 0 Å².